The van der Waals surface area contributed by atoms with Gasteiger partial charge in [-0.1, -0.05) is 78.9 Å². The molecule has 3 heterocycles. The highest BCUT2D eigenvalue weighted by Gasteiger charge is 2.35. The van der Waals surface area contributed by atoms with Crippen LogP contribution in [0.3, 0.4) is 0 Å². The molecule has 0 spiro atoms. The molecule has 2 saturated heterocycles. The quantitative estimate of drug-likeness (QED) is 0.418. The van der Waals surface area contributed by atoms with E-state index in [9.17, 15) is 0 Å². The van der Waals surface area contributed by atoms with Crippen LogP contribution in [0.25, 0.3) is 10.9 Å². The van der Waals surface area contributed by atoms with E-state index in [0.717, 1.165) is 52.6 Å². The lowest BCUT2D eigenvalue weighted by molar-refractivity contribution is -0.0334. The van der Waals surface area contributed by atoms with E-state index < -0.39 is 0 Å². The van der Waals surface area contributed by atoms with E-state index in [1.54, 1.807) is 0 Å². The maximum atomic E-state index is 4.94. The molecule has 0 bridgehead atoms. The monoisotopic (exact) mass is 469 g/mol. The maximum Gasteiger partial charge on any atom is 0.0916 e. The van der Waals surface area contributed by atoms with Crippen LogP contribution in [-0.2, 0) is 22.6 Å². The molecule has 1 N–H and O–H groups in total. The molecule has 0 unspecified atom stereocenters. The van der Waals surface area contributed by atoms with Crippen LogP contribution in [0.5, 0.6) is 0 Å². The van der Waals surface area contributed by atoms with Crippen LogP contribution in [0.2, 0.25) is 0 Å². The number of fused-ring (bicyclic) bond motifs is 1. The summed E-state index contributed by atoms with van der Waals surface area (Å²) in [6.45, 7) is 9.41. The minimum absolute atomic E-state index is 0.270. The second-order valence-electron chi connectivity index (χ2n) is 9.22. The number of nitrogens with zero attached hydrogens (tertiary/aromatic N) is 2. The summed E-state index contributed by atoms with van der Waals surface area (Å²) in [6.07, 6.45) is 0.270. The van der Waals surface area contributed by atoms with E-state index in [2.05, 4.69) is 107 Å². The number of rotatable bonds is 5. The van der Waals surface area contributed by atoms with Crippen LogP contribution in [-0.4, -0.2) is 54.3 Å². The zero-order valence-corrected chi connectivity index (χ0v) is 20.5. The Balaban J connectivity index is 0.000000371. The highest BCUT2D eigenvalue weighted by Crippen LogP contribution is 2.38. The van der Waals surface area contributed by atoms with Crippen molar-refractivity contribution in [2.45, 2.75) is 26.2 Å². The van der Waals surface area contributed by atoms with Crippen LogP contribution in [0.15, 0.2) is 84.9 Å². The number of hydrogen-bond acceptors (Lipinski definition) is 4. The molecule has 2 aliphatic rings. The molecule has 5 heteroatoms. The molecule has 0 radical (unpaired) electrons. The summed E-state index contributed by atoms with van der Waals surface area (Å²) in [5.74, 6) is 0. The molecular formula is C30H35N3O2. The topological polar surface area (TPSA) is 40.7 Å². The van der Waals surface area contributed by atoms with E-state index >= 15 is 0 Å². The first-order valence-corrected chi connectivity index (χ1v) is 12.6. The number of ether oxygens (including phenoxy) is 2. The van der Waals surface area contributed by atoms with Crippen LogP contribution in [0, 0.1) is 6.92 Å². The zero-order chi connectivity index (χ0) is 23.9. The molecular weight excluding hydrogens is 434 g/mol. The highest BCUT2D eigenvalue weighted by atomic mass is 16.6. The number of aromatic amines is 1. The Morgan fingerprint density at radius 1 is 0.686 bits per heavy atom. The van der Waals surface area contributed by atoms with Crippen molar-refractivity contribution in [1.29, 1.82) is 0 Å². The minimum atomic E-state index is 0.270. The first-order chi connectivity index (χ1) is 17.3. The van der Waals surface area contributed by atoms with Crippen LogP contribution in [0.4, 0.5) is 0 Å². The Morgan fingerprint density at radius 3 is 1.69 bits per heavy atom. The van der Waals surface area contributed by atoms with Crippen molar-refractivity contribution < 1.29 is 9.47 Å². The molecule has 1 aromatic heterocycles. The molecule has 3 aromatic carbocycles. The van der Waals surface area contributed by atoms with Crippen molar-refractivity contribution in [3.8, 4) is 0 Å². The van der Waals surface area contributed by atoms with E-state index in [4.69, 9.17) is 9.47 Å². The van der Waals surface area contributed by atoms with Crippen LogP contribution < -0.4 is 0 Å². The summed E-state index contributed by atoms with van der Waals surface area (Å²) in [7, 11) is 0. The lowest BCUT2D eigenvalue weighted by Crippen LogP contribution is -2.31. The number of benzene rings is 3. The van der Waals surface area contributed by atoms with Gasteiger partial charge in [-0.25, -0.2) is 0 Å². The van der Waals surface area contributed by atoms with Gasteiger partial charge in [0.2, 0.25) is 0 Å². The van der Waals surface area contributed by atoms with Crippen LogP contribution >= 0.6 is 0 Å². The lowest BCUT2D eigenvalue weighted by Gasteiger charge is -2.31. The smallest absolute Gasteiger partial charge is 0.0916 e. The zero-order valence-electron chi connectivity index (χ0n) is 20.5. The standard InChI is InChI=1S/C26H27N3.C4H8O2/c1-20-25(23-14-8-9-15-24(23)27-20)26-28(18-21-10-4-2-5-11-21)16-17-29(26)19-22-12-6-3-7-13-22;1-2-6-4-3-5-1/h2-15,26-27H,16-19H2,1H3;1-4H2. The average Bonchev–Trinajstić information content (AvgIpc) is 3.45. The van der Waals surface area contributed by atoms with E-state index in [1.807, 2.05) is 0 Å². The molecule has 35 heavy (non-hydrogen) atoms. The van der Waals surface area contributed by atoms with Crippen molar-refractivity contribution in [3.63, 3.8) is 0 Å². The molecule has 0 aliphatic carbocycles. The molecule has 2 fully saturated rings. The number of H-pyrrole nitrogens is 1. The van der Waals surface area contributed by atoms with Crippen molar-refractivity contribution in [3.05, 3.63) is 107 Å². The van der Waals surface area contributed by atoms with Gasteiger partial charge in [0.15, 0.2) is 0 Å². The number of hydrogen-bond donors (Lipinski definition) is 1. The Bertz CT molecular complexity index is 1130. The third-order valence-corrected chi connectivity index (χ3v) is 6.77. The lowest BCUT2D eigenvalue weighted by atomic mass is 10.1. The molecule has 0 saturated carbocycles. The molecule has 182 valence electrons. The Labute approximate surface area is 208 Å². The van der Waals surface area contributed by atoms with Crippen molar-refractivity contribution in [2.24, 2.45) is 0 Å². The third kappa shape index (κ3) is 5.82. The minimum Gasteiger partial charge on any atom is -0.377 e. The maximum absolute atomic E-state index is 4.94. The van der Waals surface area contributed by atoms with Gasteiger partial charge in [0.25, 0.3) is 0 Å². The fourth-order valence-electron chi connectivity index (χ4n) is 5.14. The molecule has 5 nitrogen and oxygen atoms in total. The number of aryl methyl sites for hydroxylation is 1. The number of aromatic nitrogens is 1. The SMILES string of the molecule is C1COCCO1.Cc1[nH]c2ccccc2c1C1N(Cc2ccccc2)CCN1Cc1ccccc1. The van der Waals surface area contributed by atoms with Crippen molar-refractivity contribution in [1.82, 2.24) is 14.8 Å². The van der Waals surface area contributed by atoms with E-state index in [0.29, 0.717) is 0 Å². The summed E-state index contributed by atoms with van der Waals surface area (Å²) in [5, 5.41) is 1.34. The van der Waals surface area contributed by atoms with Crippen molar-refractivity contribution >= 4 is 10.9 Å². The highest BCUT2D eigenvalue weighted by molar-refractivity contribution is 5.85. The molecule has 6 rings (SSSR count). The fraction of sp³-hybridized carbons (Fsp3) is 0.333. The second-order valence-corrected chi connectivity index (χ2v) is 9.22. The first kappa shape index (κ1) is 23.8. The summed E-state index contributed by atoms with van der Waals surface area (Å²) in [5.41, 5.74) is 6.67. The predicted molar refractivity (Wildman–Crippen MR) is 141 cm³/mol. The molecule has 0 atom stereocenters. The van der Waals surface area contributed by atoms with Gasteiger partial charge in [0.05, 0.1) is 32.6 Å². The second kappa shape index (κ2) is 11.6. The average molecular weight is 470 g/mol. The third-order valence-electron chi connectivity index (χ3n) is 6.77. The summed E-state index contributed by atoms with van der Waals surface area (Å²) in [4.78, 5) is 8.87. The van der Waals surface area contributed by atoms with Gasteiger partial charge < -0.3 is 14.5 Å². The number of nitrogens with one attached hydrogen (secondary N) is 1. The van der Waals surface area contributed by atoms with Gasteiger partial charge in [0, 0.05) is 48.3 Å². The normalized spacial score (nSPS) is 17.4. The molecule has 2 aliphatic heterocycles. The van der Waals surface area contributed by atoms with Gasteiger partial charge >= 0.3 is 0 Å². The summed E-state index contributed by atoms with van der Waals surface area (Å²) in [6, 6.07) is 30.4. The summed E-state index contributed by atoms with van der Waals surface area (Å²) < 4.78 is 9.89. The largest absolute Gasteiger partial charge is 0.377 e. The fourth-order valence-corrected chi connectivity index (χ4v) is 5.14. The predicted octanol–water partition coefficient (Wildman–Crippen LogP) is 5.53. The summed E-state index contributed by atoms with van der Waals surface area (Å²) >= 11 is 0. The van der Waals surface area contributed by atoms with E-state index in [1.165, 1.54) is 33.3 Å². The van der Waals surface area contributed by atoms with Gasteiger partial charge in [-0.3, -0.25) is 9.80 Å². The van der Waals surface area contributed by atoms with Gasteiger partial charge in [-0.2, -0.15) is 0 Å². The van der Waals surface area contributed by atoms with Crippen molar-refractivity contribution in [2.75, 3.05) is 39.5 Å². The molecule has 4 aromatic rings. The van der Waals surface area contributed by atoms with Crippen LogP contribution in [0.1, 0.15) is 28.6 Å². The first-order valence-electron chi connectivity index (χ1n) is 12.6. The molecule has 0 amide bonds. The van der Waals surface area contributed by atoms with E-state index in [-0.39, 0.29) is 6.17 Å². The van der Waals surface area contributed by atoms with Gasteiger partial charge in [-0.05, 0) is 24.1 Å². The van der Waals surface area contributed by atoms with Gasteiger partial charge in [-0.15, -0.1) is 0 Å². The van der Waals surface area contributed by atoms with Gasteiger partial charge in [0.1, 0.15) is 0 Å². The Hall–Kier alpha value is -2.96. The Morgan fingerprint density at radius 2 is 1.17 bits per heavy atom. The number of para-hydroxylation sites is 1. The Kier molecular flexibility index (Phi) is 7.91.